The Bertz CT molecular complexity index is 1000. The van der Waals surface area contributed by atoms with E-state index in [0.717, 1.165) is 79.3 Å². The molecule has 0 atom stereocenters. The Balaban J connectivity index is 1.40. The van der Waals surface area contributed by atoms with Crippen molar-refractivity contribution in [2.75, 3.05) is 54.0 Å². The van der Waals surface area contributed by atoms with Crippen molar-refractivity contribution in [1.82, 2.24) is 19.9 Å². The first kappa shape index (κ1) is 18.1. The van der Waals surface area contributed by atoms with Gasteiger partial charge in [-0.15, -0.1) is 0 Å². The average molecular weight is 390 g/mol. The molecule has 3 aromatic rings. The van der Waals surface area contributed by atoms with Gasteiger partial charge in [-0.3, -0.25) is 0 Å². The third kappa shape index (κ3) is 3.57. The number of benzene rings is 1. The minimum Gasteiger partial charge on any atom is -0.356 e. The number of para-hydroxylation sites is 1. The van der Waals surface area contributed by atoms with Gasteiger partial charge in [0.05, 0.1) is 5.52 Å². The van der Waals surface area contributed by atoms with E-state index in [4.69, 9.17) is 9.97 Å². The molecular formula is C22H27N7. The summed E-state index contributed by atoms with van der Waals surface area (Å²) in [6.07, 6.45) is 2.48. The molecule has 0 bridgehead atoms. The molecule has 0 N–H and O–H groups in total. The summed E-state index contributed by atoms with van der Waals surface area (Å²) < 4.78 is 0. The molecule has 5 rings (SSSR count). The van der Waals surface area contributed by atoms with Crippen LogP contribution in [0.5, 0.6) is 0 Å². The van der Waals surface area contributed by atoms with Crippen molar-refractivity contribution >= 4 is 28.6 Å². The molecule has 7 nitrogen and oxygen atoms in total. The van der Waals surface area contributed by atoms with Gasteiger partial charge >= 0.3 is 0 Å². The first-order valence-corrected chi connectivity index (χ1v) is 10.5. The van der Waals surface area contributed by atoms with Crippen LogP contribution in [0.3, 0.4) is 0 Å². The second-order valence-electron chi connectivity index (χ2n) is 7.98. The van der Waals surface area contributed by atoms with Crippen LogP contribution in [0.25, 0.3) is 10.9 Å². The van der Waals surface area contributed by atoms with Crippen LogP contribution < -0.4 is 14.7 Å². The predicted octanol–water partition coefficient (Wildman–Crippen LogP) is 2.96. The van der Waals surface area contributed by atoms with E-state index in [2.05, 4.69) is 48.9 Å². The number of aryl methyl sites for hydroxylation is 2. The first-order valence-electron chi connectivity index (χ1n) is 10.5. The van der Waals surface area contributed by atoms with Crippen LogP contribution in [0.4, 0.5) is 17.7 Å². The molecule has 2 aliphatic heterocycles. The van der Waals surface area contributed by atoms with Gasteiger partial charge < -0.3 is 14.7 Å². The number of hydrogen-bond acceptors (Lipinski definition) is 7. The quantitative estimate of drug-likeness (QED) is 0.682. The van der Waals surface area contributed by atoms with Crippen molar-refractivity contribution in [3.63, 3.8) is 0 Å². The molecular weight excluding hydrogens is 362 g/mol. The van der Waals surface area contributed by atoms with Crippen molar-refractivity contribution in [2.24, 2.45) is 0 Å². The zero-order valence-corrected chi connectivity index (χ0v) is 17.2. The lowest BCUT2D eigenvalue weighted by atomic mass is 10.2. The van der Waals surface area contributed by atoms with E-state index in [9.17, 15) is 0 Å². The van der Waals surface area contributed by atoms with Crippen molar-refractivity contribution in [3.8, 4) is 0 Å². The lowest BCUT2D eigenvalue weighted by Gasteiger charge is -2.35. The molecule has 150 valence electrons. The van der Waals surface area contributed by atoms with Crippen molar-refractivity contribution in [2.45, 2.75) is 26.7 Å². The Kier molecular flexibility index (Phi) is 4.66. The van der Waals surface area contributed by atoms with Gasteiger partial charge in [0.15, 0.2) is 0 Å². The lowest BCUT2D eigenvalue weighted by molar-refractivity contribution is 0.627. The molecule has 0 spiro atoms. The summed E-state index contributed by atoms with van der Waals surface area (Å²) in [6.45, 7) is 9.70. The Labute approximate surface area is 171 Å². The van der Waals surface area contributed by atoms with Crippen molar-refractivity contribution < 1.29 is 0 Å². The molecule has 29 heavy (non-hydrogen) atoms. The first-order chi connectivity index (χ1) is 14.2. The molecule has 2 aromatic heterocycles. The van der Waals surface area contributed by atoms with Crippen molar-refractivity contribution in [1.29, 1.82) is 0 Å². The van der Waals surface area contributed by atoms with Gasteiger partial charge in [-0.25, -0.2) is 15.0 Å². The second-order valence-corrected chi connectivity index (χ2v) is 7.98. The zero-order chi connectivity index (χ0) is 19.8. The van der Waals surface area contributed by atoms with Gasteiger partial charge in [0.2, 0.25) is 11.9 Å². The molecule has 0 aliphatic carbocycles. The highest BCUT2D eigenvalue weighted by Crippen LogP contribution is 2.29. The highest BCUT2D eigenvalue weighted by molar-refractivity contribution is 5.90. The Morgan fingerprint density at radius 2 is 1.24 bits per heavy atom. The minimum absolute atomic E-state index is 0.833. The van der Waals surface area contributed by atoms with Crippen molar-refractivity contribution in [3.05, 3.63) is 41.7 Å². The molecule has 0 amide bonds. The SMILES string of the molecule is Cc1cc(C)nc(N2CCN(c3nc(N4CCCC4)c4ccccc4n3)CC2)n1. The predicted molar refractivity (Wildman–Crippen MR) is 117 cm³/mol. The normalized spacial score (nSPS) is 17.4. The highest BCUT2D eigenvalue weighted by atomic mass is 15.4. The van der Waals surface area contributed by atoms with E-state index in [1.807, 2.05) is 19.9 Å². The lowest BCUT2D eigenvalue weighted by Crippen LogP contribution is -2.47. The summed E-state index contributed by atoms with van der Waals surface area (Å²) in [5.41, 5.74) is 3.06. The van der Waals surface area contributed by atoms with E-state index in [1.165, 1.54) is 12.8 Å². The standard InChI is InChI=1S/C22H27N7/c1-16-15-17(2)24-21(23-16)28-11-13-29(14-12-28)22-25-19-8-4-3-7-18(19)20(26-22)27-9-5-6-10-27/h3-4,7-8,15H,5-6,9-14H2,1-2H3. The maximum Gasteiger partial charge on any atom is 0.228 e. The van der Waals surface area contributed by atoms with Gasteiger partial charge in [0.25, 0.3) is 0 Å². The topological polar surface area (TPSA) is 61.3 Å². The number of rotatable bonds is 3. The second kappa shape index (κ2) is 7.46. The Hall–Kier alpha value is -2.96. The number of hydrogen-bond donors (Lipinski definition) is 0. The van der Waals surface area contributed by atoms with Gasteiger partial charge in [-0.2, -0.15) is 4.98 Å². The summed E-state index contributed by atoms with van der Waals surface area (Å²) in [5.74, 6) is 2.76. The number of piperazine rings is 1. The third-order valence-corrected chi connectivity index (χ3v) is 5.79. The monoisotopic (exact) mass is 389 g/mol. The molecule has 2 fully saturated rings. The van der Waals surface area contributed by atoms with Crippen LogP contribution >= 0.6 is 0 Å². The molecule has 7 heteroatoms. The summed E-state index contributed by atoms with van der Waals surface area (Å²) in [6, 6.07) is 10.4. The van der Waals surface area contributed by atoms with E-state index in [1.54, 1.807) is 0 Å². The van der Waals surface area contributed by atoms with E-state index in [-0.39, 0.29) is 0 Å². The van der Waals surface area contributed by atoms with Crippen LogP contribution in [0.2, 0.25) is 0 Å². The van der Waals surface area contributed by atoms with Crippen LogP contribution in [-0.2, 0) is 0 Å². The van der Waals surface area contributed by atoms with E-state index < -0.39 is 0 Å². The zero-order valence-electron chi connectivity index (χ0n) is 17.2. The molecule has 0 unspecified atom stereocenters. The van der Waals surface area contributed by atoms with Crippen LogP contribution in [-0.4, -0.2) is 59.2 Å². The maximum atomic E-state index is 5.02. The highest BCUT2D eigenvalue weighted by Gasteiger charge is 2.24. The molecule has 4 heterocycles. The summed E-state index contributed by atoms with van der Waals surface area (Å²) in [5, 5.41) is 1.15. The Morgan fingerprint density at radius 3 is 1.90 bits per heavy atom. The maximum absolute atomic E-state index is 5.02. The fraction of sp³-hybridized carbons (Fsp3) is 0.455. The number of aromatic nitrogens is 4. The smallest absolute Gasteiger partial charge is 0.228 e. The number of nitrogens with zero attached hydrogens (tertiary/aromatic N) is 7. The van der Waals surface area contributed by atoms with Gasteiger partial charge in [0, 0.05) is 56.0 Å². The molecule has 2 aliphatic rings. The summed E-state index contributed by atoms with van der Waals surface area (Å²) >= 11 is 0. The average Bonchev–Trinajstić information content (AvgIpc) is 3.27. The minimum atomic E-state index is 0.833. The fourth-order valence-electron chi connectivity index (χ4n) is 4.31. The molecule has 1 aromatic carbocycles. The largest absolute Gasteiger partial charge is 0.356 e. The molecule has 0 saturated carbocycles. The third-order valence-electron chi connectivity index (χ3n) is 5.79. The summed E-state index contributed by atoms with van der Waals surface area (Å²) in [4.78, 5) is 26.1. The fourth-order valence-corrected chi connectivity index (χ4v) is 4.31. The van der Waals surface area contributed by atoms with Gasteiger partial charge in [-0.05, 0) is 44.9 Å². The molecule has 2 saturated heterocycles. The number of anilines is 3. The number of fused-ring (bicyclic) bond motifs is 1. The molecule has 0 radical (unpaired) electrons. The summed E-state index contributed by atoms with van der Waals surface area (Å²) in [7, 11) is 0. The van der Waals surface area contributed by atoms with Gasteiger partial charge in [-0.1, -0.05) is 12.1 Å². The van der Waals surface area contributed by atoms with Crippen LogP contribution in [0.1, 0.15) is 24.2 Å². The van der Waals surface area contributed by atoms with Gasteiger partial charge in [0.1, 0.15) is 5.82 Å². The van der Waals surface area contributed by atoms with Crippen LogP contribution in [0, 0.1) is 13.8 Å². The van der Waals surface area contributed by atoms with E-state index >= 15 is 0 Å². The van der Waals surface area contributed by atoms with Crippen LogP contribution in [0.15, 0.2) is 30.3 Å². The van der Waals surface area contributed by atoms with E-state index in [0.29, 0.717) is 0 Å². The Morgan fingerprint density at radius 1 is 0.655 bits per heavy atom.